The maximum Gasteiger partial charge on any atom is 0.0470 e. The van der Waals surface area contributed by atoms with Crippen LogP contribution in [0.2, 0.25) is 0 Å². The second-order valence-electron chi connectivity index (χ2n) is 15.9. The van der Waals surface area contributed by atoms with Crippen LogP contribution in [0, 0.1) is 57.2 Å². The Hall–Kier alpha value is -1.12. The van der Waals surface area contributed by atoms with Crippen LogP contribution in [0.5, 0.6) is 0 Å². The van der Waals surface area contributed by atoms with E-state index in [1.165, 1.54) is 37.7 Å². The summed E-state index contributed by atoms with van der Waals surface area (Å²) in [5, 5.41) is 17.9. The minimum absolute atomic E-state index is 0.269. The topological polar surface area (TPSA) is 40.5 Å². The van der Waals surface area contributed by atoms with E-state index in [9.17, 15) is 0 Å². The molecular formula is C40H72O2. The molecule has 0 aromatic rings. The molecule has 4 aliphatic carbocycles. The van der Waals surface area contributed by atoms with E-state index < -0.39 is 0 Å². The Morgan fingerprint density at radius 1 is 0.595 bits per heavy atom. The van der Waals surface area contributed by atoms with Crippen molar-refractivity contribution >= 4 is 0 Å². The molecule has 0 heterocycles. The Kier molecular flexibility index (Phi) is 15.1. The number of allylic oxidation sites excluding steroid dienone is 6. The van der Waals surface area contributed by atoms with Gasteiger partial charge in [0, 0.05) is 13.2 Å². The fraction of sp³-hybridized carbons (Fsp3) is 0.800. The van der Waals surface area contributed by atoms with Crippen LogP contribution < -0.4 is 0 Å². The normalized spacial score (nSPS) is 34.2. The summed E-state index contributed by atoms with van der Waals surface area (Å²) in [6, 6.07) is 0. The van der Waals surface area contributed by atoms with E-state index in [1.54, 1.807) is 5.57 Å². The van der Waals surface area contributed by atoms with Gasteiger partial charge in [-0.3, -0.25) is 0 Å². The van der Waals surface area contributed by atoms with Gasteiger partial charge in [-0.2, -0.15) is 0 Å². The largest absolute Gasteiger partial charge is 0.396 e. The van der Waals surface area contributed by atoms with Crippen LogP contribution in [-0.2, 0) is 0 Å². The summed E-state index contributed by atoms with van der Waals surface area (Å²) < 4.78 is 0. The van der Waals surface area contributed by atoms with Crippen LogP contribution in [0.3, 0.4) is 0 Å². The predicted octanol–water partition coefficient (Wildman–Crippen LogP) is 11.2. The van der Waals surface area contributed by atoms with E-state index in [-0.39, 0.29) is 10.8 Å². The first-order chi connectivity index (χ1) is 19.5. The van der Waals surface area contributed by atoms with E-state index >= 15 is 0 Å². The van der Waals surface area contributed by atoms with Crippen LogP contribution in [0.25, 0.3) is 0 Å². The molecule has 244 valence electrons. The smallest absolute Gasteiger partial charge is 0.0470 e. The van der Waals surface area contributed by atoms with Crippen molar-refractivity contribution in [2.45, 2.75) is 134 Å². The van der Waals surface area contributed by atoms with Gasteiger partial charge >= 0.3 is 0 Å². The lowest BCUT2D eigenvalue weighted by atomic mass is 9.54. The highest BCUT2D eigenvalue weighted by atomic mass is 16.3. The predicted molar refractivity (Wildman–Crippen MR) is 186 cm³/mol. The van der Waals surface area contributed by atoms with E-state index in [2.05, 4.69) is 114 Å². The van der Waals surface area contributed by atoms with E-state index in [1.807, 2.05) is 6.08 Å². The van der Waals surface area contributed by atoms with E-state index in [0.717, 1.165) is 37.0 Å². The van der Waals surface area contributed by atoms with Gasteiger partial charge < -0.3 is 10.2 Å². The van der Waals surface area contributed by atoms with Crippen molar-refractivity contribution in [3.05, 3.63) is 48.6 Å². The summed E-state index contributed by atoms with van der Waals surface area (Å²) in [6.45, 7) is 35.6. The van der Waals surface area contributed by atoms with Crippen LogP contribution in [-0.4, -0.2) is 23.4 Å². The summed E-state index contributed by atoms with van der Waals surface area (Å²) in [6.07, 6.45) is 18.8. The highest BCUT2D eigenvalue weighted by Gasteiger charge is 2.46. The lowest BCUT2D eigenvalue weighted by Gasteiger charge is -2.51. The summed E-state index contributed by atoms with van der Waals surface area (Å²) in [7, 11) is 0. The molecule has 6 atom stereocenters. The Morgan fingerprint density at radius 3 is 1.21 bits per heavy atom. The van der Waals surface area contributed by atoms with Crippen molar-refractivity contribution in [2.24, 2.45) is 57.2 Å². The molecule has 4 rings (SSSR count). The van der Waals surface area contributed by atoms with Crippen molar-refractivity contribution in [1.82, 2.24) is 0 Å². The van der Waals surface area contributed by atoms with Gasteiger partial charge in [-0.15, -0.1) is 13.2 Å². The lowest BCUT2D eigenvalue weighted by molar-refractivity contribution is -0.0258. The molecule has 4 fully saturated rings. The van der Waals surface area contributed by atoms with Gasteiger partial charge in [0.15, 0.2) is 0 Å². The number of hydrogen-bond donors (Lipinski definition) is 2. The first-order valence-electron chi connectivity index (χ1n) is 17.4. The fourth-order valence-electron chi connectivity index (χ4n) is 7.88. The molecule has 2 heteroatoms. The Bertz CT molecular complexity index is 825. The molecule has 0 saturated heterocycles. The SMILES string of the molecule is C=CC1CC(CC)C1(C)C.C=CC1CC(CO)C1(C)C.CC/C=C1\CC(CC)C1(C)C.CC/C=C1\CC(CO)C1(C)C. The van der Waals surface area contributed by atoms with Crippen molar-refractivity contribution in [3.8, 4) is 0 Å². The van der Waals surface area contributed by atoms with Crippen LogP contribution in [0.4, 0.5) is 0 Å². The number of aliphatic hydroxyl groups excluding tert-OH is 2. The van der Waals surface area contributed by atoms with Crippen LogP contribution in [0.15, 0.2) is 48.6 Å². The van der Waals surface area contributed by atoms with Crippen molar-refractivity contribution in [3.63, 3.8) is 0 Å². The first-order valence-corrected chi connectivity index (χ1v) is 17.4. The molecule has 2 nitrogen and oxygen atoms in total. The van der Waals surface area contributed by atoms with Gasteiger partial charge in [0.2, 0.25) is 0 Å². The number of aliphatic hydroxyl groups is 2. The maximum atomic E-state index is 8.98. The molecule has 0 aromatic heterocycles. The third-order valence-electron chi connectivity index (χ3n) is 12.6. The van der Waals surface area contributed by atoms with Gasteiger partial charge in [-0.05, 0) is 95.7 Å². The maximum absolute atomic E-state index is 8.98. The summed E-state index contributed by atoms with van der Waals surface area (Å²) in [5.74, 6) is 4.27. The second kappa shape index (κ2) is 16.3. The van der Waals surface area contributed by atoms with E-state index in [0.29, 0.717) is 41.8 Å². The molecule has 0 amide bonds. The number of hydrogen-bond acceptors (Lipinski definition) is 2. The Labute approximate surface area is 263 Å². The average molecular weight is 585 g/mol. The summed E-state index contributed by atoms with van der Waals surface area (Å²) >= 11 is 0. The summed E-state index contributed by atoms with van der Waals surface area (Å²) in [5.41, 5.74) is 4.83. The highest BCUT2D eigenvalue weighted by Crippen LogP contribution is 2.54. The molecular weight excluding hydrogens is 512 g/mol. The first kappa shape index (κ1) is 38.9. The summed E-state index contributed by atoms with van der Waals surface area (Å²) in [4.78, 5) is 0. The van der Waals surface area contributed by atoms with Crippen molar-refractivity contribution in [1.29, 1.82) is 0 Å². The lowest BCUT2D eigenvalue weighted by Crippen LogP contribution is -2.45. The van der Waals surface area contributed by atoms with Gasteiger partial charge in [-0.1, -0.05) is 131 Å². The van der Waals surface area contributed by atoms with Crippen LogP contribution >= 0.6 is 0 Å². The zero-order valence-electron chi connectivity index (χ0n) is 30.2. The molecule has 0 radical (unpaired) electrons. The van der Waals surface area contributed by atoms with Gasteiger partial charge in [-0.25, -0.2) is 0 Å². The van der Waals surface area contributed by atoms with Gasteiger partial charge in [0.1, 0.15) is 0 Å². The molecule has 2 N–H and O–H groups in total. The Morgan fingerprint density at radius 2 is 0.952 bits per heavy atom. The van der Waals surface area contributed by atoms with Crippen molar-refractivity contribution < 1.29 is 10.2 Å². The van der Waals surface area contributed by atoms with Gasteiger partial charge in [0.25, 0.3) is 0 Å². The minimum atomic E-state index is 0.269. The molecule has 6 unspecified atom stereocenters. The highest BCUT2D eigenvalue weighted by molar-refractivity contribution is 5.24. The third kappa shape index (κ3) is 8.53. The second-order valence-corrected chi connectivity index (χ2v) is 15.9. The molecule has 4 saturated carbocycles. The standard InChI is InChI=1S/C11H20.C10H18O.C10H18.C9H16O/c1-5-7-10-8-9(6-2)11(10,3)4;1-4-5-8-6-9(7-11)10(8,2)3;1-5-8-7-9(6-2)10(8,3)4;1-4-7-5-8(6-10)9(7,2)3/h7,9H,5-6,8H2,1-4H3;5,9,11H,4,6-7H2,1-3H3;5,8-9H,1,6-7H2,2-4H3;4,7-8,10H,1,5-6H2,2-3H3/b10-7+;8-5+;;. The molecule has 0 aliphatic heterocycles. The minimum Gasteiger partial charge on any atom is -0.396 e. The van der Waals surface area contributed by atoms with Gasteiger partial charge in [0.05, 0.1) is 0 Å². The molecule has 0 spiro atoms. The third-order valence-corrected chi connectivity index (χ3v) is 12.6. The van der Waals surface area contributed by atoms with E-state index in [4.69, 9.17) is 10.2 Å². The molecule has 0 aromatic carbocycles. The zero-order valence-corrected chi connectivity index (χ0v) is 30.2. The number of rotatable bonds is 8. The fourth-order valence-corrected chi connectivity index (χ4v) is 7.88. The molecule has 0 bridgehead atoms. The van der Waals surface area contributed by atoms with Crippen molar-refractivity contribution in [2.75, 3.05) is 13.2 Å². The zero-order chi connectivity index (χ0) is 32.5. The molecule has 42 heavy (non-hydrogen) atoms. The quantitative estimate of drug-likeness (QED) is 0.279. The average Bonchev–Trinajstić information content (AvgIpc) is 2.93. The van der Waals surface area contributed by atoms with Crippen LogP contribution in [0.1, 0.15) is 134 Å². The molecule has 4 aliphatic rings. The Balaban J connectivity index is 0.000000280. The monoisotopic (exact) mass is 585 g/mol.